The van der Waals surface area contributed by atoms with E-state index in [2.05, 4.69) is 0 Å². The summed E-state index contributed by atoms with van der Waals surface area (Å²) >= 11 is 0. The molecular weight excluding hydrogens is 224 g/mol. The molecule has 0 radical (unpaired) electrons. The van der Waals surface area contributed by atoms with E-state index in [0.29, 0.717) is 17.2 Å². The molecule has 0 aliphatic heterocycles. The molecule has 0 aliphatic carbocycles. The second kappa shape index (κ2) is 5.98. The highest BCUT2D eigenvalue weighted by Gasteiger charge is 2.10. The summed E-state index contributed by atoms with van der Waals surface area (Å²) in [6.45, 7) is 1.69. The maximum Gasteiger partial charge on any atom is 0.307 e. The Morgan fingerprint density at radius 2 is 1.65 bits per heavy atom. The Balaban J connectivity index is 2.79. The number of hydrogen-bond donors (Lipinski definition) is 1. The Hall–Kier alpha value is -1.91. The van der Waals surface area contributed by atoms with Crippen molar-refractivity contribution in [1.29, 1.82) is 0 Å². The third kappa shape index (κ3) is 4.22. The molecular formula is C12H16O5. The van der Waals surface area contributed by atoms with Crippen molar-refractivity contribution in [2.75, 3.05) is 14.2 Å². The van der Waals surface area contributed by atoms with Gasteiger partial charge in [-0.2, -0.15) is 0 Å². The molecule has 0 amide bonds. The first-order valence-electron chi connectivity index (χ1n) is 5.16. The molecule has 1 rings (SSSR count). The van der Waals surface area contributed by atoms with Crippen LogP contribution >= 0.6 is 0 Å². The average molecular weight is 240 g/mol. The molecule has 1 N–H and O–H groups in total. The largest absolute Gasteiger partial charge is 0.496 e. The van der Waals surface area contributed by atoms with Crippen molar-refractivity contribution in [3.63, 3.8) is 0 Å². The Morgan fingerprint density at radius 3 is 2.06 bits per heavy atom. The van der Waals surface area contributed by atoms with Gasteiger partial charge in [0.2, 0.25) is 0 Å². The summed E-state index contributed by atoms with van der Waals surface area (Å²) in [6, 6.07) is 5.08. The number of rotatable bonds is 6. The first-order valence-corrected chi connectivity index (χ1v) is 5.16. The monoisotopic (exact) mass is 240 g/mol. The molecule has 0 unspecified atom stereocenters. The number of ether oxygens (including phenoxy) is 3. The van der Waals surface area contributed by atoms with Crippen LogP contribution in [0.15, 0.2) is 18.2 Å². The van der Waals surface area contributed by atoms with E-state index < -0.39 is 12.1 Å². The third-order valence-electron chi connectivity index (χ3n) is 2.12. The molecule has 1 atom stereocenters. The van der Waals surface area contributed by atoms with Gasteiger partial charge < -0.3 is 19.3 Å². The highest BCUT2D eigenvalue weighted by molar-refractivity contribution is 5.67. The fourth-order valence-corrected chi connectivity index (χ4v) is 1.37. The summed E-state index contributed by atoms with van der Waals surface area (Å²) in [5, 5.41) is 8.63. The van der Waals surface area contributed by atoms with E-state index in [0.717, 1.165) is 0 Å². The molecule has 5 heteroatoms. The van der Waals surface area contributed by atoms with Crippen LogP contribution in [0.2, 0.25) is 0 Å². The predicted molar refractivity (Wildman–Crippen MR) is 61.9 cm³/mol. The molecule has 0 saturated carbocycles. The van der Waals surface area contributed by atoms with Gasteiger partial charge in [0.25, 0.3) is 0 Å². The minimum absolute atomic E-state index is 0.0560. The Labute approximate surface area is 99.9 Å². The van der Waals surface area contributed by atoms with Gasteiger partial charge in [0.05, 0.1) is 20.6 Å². The van der Waals surface area contributed by atoms with Gasteiger partial charge in [0.1, 0.15) is 23.4 Å². The zero-order valence-electron chi connectivity index (χ0n) is 10.1. The van der Waals surface area contributed by atoms with Crippen LogP contribution in [0.4, 0.5) is 0 Å². The Kier molecular flexibility index (Phi) is 4.63. The number of methoxy groups -OCH3 is 2. The highest BCUT2D eigenvalue weighted by Crippen LogP contribution is 2.28. The van der Waals surface area contributed by atoms with E-state index in [4.69, 9.17) is 19.3 Å². The summed E-state index contributed by atoms with van der Waals surface area (Å²) in [4.78, 5) is 10.5. The second-order valence-corrected chi connectivity index (χ2v) is 3.57. The lowest BCUT2D eigenvalue weighted by atomic mass is 10.2. The molecule has 17 heavy (non-hydrogen) atoms. The maximum absolute atomic E-state index is 10.5. The first kappa shape index (κ1) is 13.2. The predicted octanol–water partition coefficient (Wildman–Crippen LogP) is 1.95. The minimum Gasteiger partial charge on any atom is -0.496 e. The maximum atomic E-state index is 10.5. The average Bonchev–Trinajstić information content (AvgIpc) is 2.27. The van der Waals surface area contributed by atoms with Crippen molar-refractivity contribution < 1.29 is 24.1 Å². The molecule has 0 heterocycles. The van der Waals surface area contributed by atoms with Gasteiger partial charge in [-0.15, -0.1) is 0 Å². The zero-order chi connectivity index (χ0) is 12.8. The second-order valence-electron chi connectivity index (χ2n) is 3.57. The minimum atomic E-state index is -0.896. The van der Waals surface area contributed by atoms with E-state index in [-0.39, 0.29) is 6.42 Å². The molecule has 0 aromatic heterocycles. The van der Waals surface area contributed by atoms with Crippen molar-refractivity contribution in [2.45, 2.75) is 19.4 Å². The van der Waals surface area contributed by atoms with Crippen LogP contribution in [-0.4, -0.2) is 31.4 Å². The summed E-state index contributed by atoms with van der Waals surface area (Å²) < 4.78 is 15.6. The lowest BCUT2D eigenvalue weighted by Crippen LogP contribution is -2.16. The quantitative estimate of drug-likeness (QED) is 0.823. The van der Waals surface area contributed by atoms with Crippen molar-refractivity contribution in [3.8, 4) is 17.2 Å². The van der Waals surface area contributed by atoms with Crippen molar-refractivity contribution in [2.24, 2.45) is 0 Å². The summed E-state index contributed by atoms with van der Waals surface area (Å²) in [5.41, 5.74) is 0. The molecule has 0 spiro atoms. The van der Waals surface area contributed by atoms with E-state index in [1.807, 2.05) is 0 Å². The van der Waals surface area contributed by atoms with E-state index in [9.17, 15) is 4.79 Å². The van der Waals surface area contributed by atoms with Crippen LogP contribution < -0.4 is 14.2 Å². The zero-order valence-corrected chi connectivity index (χ0v) is 10.1. The van der Waals surface area contributed by atoms with Gasteiger partial charge in [0.15, 0.2) is 0 Å². The van der Waals surface area contributed by atoms with E-state index in [1.165, 1.54) is 0 Å². The van der Waals surface area contributed by atoms with Crippen molar-refractivity contribution >= 4 is 5.97 Å². The fraction of sp³-hybridized carbons (Fsp3) is 0.417. The number of benzene rings is 1. The van der Waals surface area contributed by atoms with E-state index in [1.54, 1.807) is 39.3 Å². The van der Waals surface area contributed by atoms with Crippen LogP contribution in [-0.2, 0) is 4.79 Å². The number of carboxylic acids is 1. The van der Waals surface area contributed by atoms with Crippen LogP contribution in [0.25, 0.3) is 0 Å². The van der Waals surface area contributed by atoms with Gasteiger partial charge >= 0.3 is 5.97 Å². The standard InChI is InChI=1S/C12H16O5/c1-8(4-12(13)14)17-11-6-9(15-2)5-10(7-11)16-3/h5-8H,4H2,1-3H3,(H,13,14)/t8-/m0/s1. The molecule has 0 aliphatic rings. The lowest BCUT2D eigenvalue weighted by Gasteiger charge is -2.14. The first-order chi connectivity index (χ1) is 8.05. The number of carbonyl (C=O) groups is 1. The SMILES string of the molecule is COc1cc(OC)cc(O[C@@H](C)CC(=O)O)c1. The van der Waals surface area contributed by atoms with Gasteiger partial charge in [-0.3, -0.25) is 4.79 Å². The van der Waals surface area contributed by atoms with Crippen LogP contribution in [0, 0.1) is 0 Å². The molecule has 0 saturated heterocycles. The Morgan fingerprint density at radius 1 is 1.18 bits per heavy atom. The van der Waals surface area contributed by atoms with Gasteiger partial charge in [0, 0.05) is 18.2 Å². The Bertz CT molecular complexity index is 366. The molecule has 5 nitrogen and oxygen atoms in total. The van der Waals surface area contributed by atoms with Gasteiger partial charge in [-0.05, 0) is 6.92 Å². The van der Waals surface area contributed by atoms with E-state index >= 15 is 0 Å². The third-order valence-corrected chi connectivity index (χ3v) is 2.12. The topological polar surface area (TPSA) is 65.0 Å². The van der Waals surface area contributed by atoms with Gasteiger partial charge in [-0.25, -0.2) is 0 Å². The highest BCUT2D eigenvalue weighted by atomic mass is 16.5. The van der Waals surface area contributed by atoms with Crippen LogP contribution in [0.3, 0.4) is 0 Å². The lowest BCUT2D eigenvalue weighted by molar-refractivity contribution is -0.138. The molecule has 1 aromatic rings. The normalized spacial score (nSPS) is 11.7. The smallest absolute Gasteiger partial charge is 0.307 e. The molecule has 1 aromatic carbocycles. The van der Waals surface area contributed by atoms with Gasteiger partial charge in [-0.1, -0.05) is 0 Å². The van der Waals surface area contributed by atoms with Crippen molar-refractivity contribution in [3.05, 3.63) is 18.2 Å². The van der Waals surface area contributed by atoms with Crippen molar-refractivity contribution in [1.82, 2.24) is 0 Å². The molecule has 0 bridgehead atoms. The number of carboxylic acid groups (broad SMARTS) is 1. The van der Waals surface area contributed by atoms with Crippen LogP contribution in [0.5, 0.6) is 17.2 Å². The summed E-state index contributed by atoms with van der Waals surface area (Å²) in [5.74, 6) is 0.825. The number of aliphatic carboxylic acids is 1. The fourth-order valence-electron chi connectivity index (χ4n) is 1.37. The molecule has 0 fully saturated rings. The summed E-state index contributed by atoms with van der Waals surface area (Å²) in [7, 11) is 3.08. The van der Waals surface area contributed by atoms with Crippen LogP contribution in [0.1, 0.15) is 13.3 Å². The molecule has 94 valence electrons. The number of hydrogen-bond acceptors (Lipinski definition) is 4. The summed E-state index contributed by atoms with van der Waals surface area (Å²) in [6.07, 6.45) is -0.469.